The summed E-state index contributed by atoms with van der Waals surface area (Å²) in [5.74, 6) is 1.12. The number of nitrogens with zero attached hydrogens (tertiary/aromatic N) is 1. The Bertz CT molecular complexity index is 744. The van der Waals surface area contributed by atoms with Gasteiger partial charge in [0.1, 0.15) is 11.6 Å². The van der Waals surface area contributed by atoms with E-state index in [1.165, 1.54) is 5.56 Å². The topological polar surface area (TPSA) is 45.8 Å². The number of Topliss-reactive ketones (excluding diaryl/α,β-unsaturated/α-hetero) is 1. The molecule has 0 bridgehead atoms. The maximum absolute atomic E-state index is 11.2. The van der Waals surface area contributed by atoms with Crippen LogP contribution < -0.4 is 0 Å². The smallest absolute Gasteiger partial charge is 0.134 e. The van der Waals surface area contributed by atoms with Crippen molar-refractivity contribution >= 4 is 16.8 Å². The van der Waals surface area contributed by atoms with Crippen LogP contribution in [0.25, 0.3) is 11.0 Å². The predicted molar refractivity (Wildman–Crippen MR) is 79.7 cm³/mol. The van der Waals surface area contributed by atoms with Gasteiger partial charge in [-0.15, -0.1) is 0 Å². The third kappa shape index (κ3) is 2.77. The molecule has 0 aliphatic rings. The Hall–Kier alpha value is -2.42. The molecule has 0 amide bonds. The van der Waals surface area contributed by atoms with E-state index in [9.17, 15) is 4.79 Å². The highest BCUT2D eigenvalue weighted by Gasteiger charge is 2.05. The van der Waals surface area contributed by atoms with E-state index in [0.29, 0.717) is 6.42 Å². The second-order valence-electron chi connectivity index (χ2n) is 5.08. The summed E-state index contributed by atoms with van der Waals surface area (Å²) >= 11 is 0. The molecule has 0 saturated heterocycles. The zero-order valence-corrected chi connectivity index (χ0v) is 11.4. The molecule has 1 N–H and O–H groups in total. The SMILES string of the molecule is CC(=O)Cc1ccc2nc(Cc3ccccc3)[nH]c2c1. The second kappa shape index (κ2) is 5.29. The van der Waals surface area contributed by atoms with Crippen molar-refractivity contribution < 1.29 is 4.79 Å². The van der Waals surface area contributed by atoms with E-state index in [1.54, 1.807) is 6.92 Å². The zero-order valence-electron chi connectivity index (χ0n) is 11.4. The summed E-state index contributed by atoms with van der Waals surface area (Å²) < 4.78 is 0. The molecule has 3 nitrogen and oxygen atoms in total. The number of nitrogens with one attached hydrogen (secondary N) is 1. The van der Waals surface area contributed by atoms with Crippen molar-refractivity contribution in [2.45, 2.75) is 19.8 Å². The van der Waals surface area contributed by atoms with Gasteiger partial charge in [-0.1, -0.05) is 36.4 Å². The highest BCUT2D eigenvalue weighted by Crippen LogP contribution is 2.16. The Morgan fingerprint density at radius 3 is 2.65 bits per heavy atom. The van der Waals surface area contributed by atoms with Crippen molar-refractivity contribution in [2.75, 3.05) is 0 Å². The lowest BCUT2D eigenvalue weighted by molar-refractivity contribution is -0.116. The van der Waals surface area contributed by atoms with E-state index in [-0.39, 0.29) is 5.78 Å². The van der Waals surface area contributed by atoms with Crippen LogP contribution in [0.5, 0.6) is 0 Å². The summed E-state index contributed by atoms with van der Waals surface area (Å²) in [5, 5.41) is 0. The molecular weight excluding hydrogens is 248 g/mol. The largest absolute Gasteiger partial charge is 0.342 e. The number of H-pyrrole nitrogens is 1. The third-order valence-corrected chi connectivity index (χ3v) is 3.26. The number of fused-ring (bicyclic) bond motifs is 1. The van der Waals surface area contributed by atoms with Gasteiger partial charge in [-0.3, -0.25) is 4.79 Å². The molecule has 0 unspecified atom stereocenters. The minimum Gasteiger partial charge on any atom is -0.342 e. The van der Waals surface area contributed by atoms with Crippen LogP contribution in [0.2, 0.25) is 0 Å². The normalized spacial score (nSPS) is 10.8. The minimum atomic E-state index is 0.174. The molecule has 3 rings (SSSR count). The number of carbonyl (C=O) groups excluding carboxylic acids is 1. The van der Waals surface area contributed by atoms with E-state index in [4.69, 9.17) is 0 Å². The van der Waals surface area contributed by atoms with Gasteiger partial charge < -0.3 is 4.98 Å². The van der Waals surface area contributed by atoms with Gasteiger partial charge in [-0.25, -0.2) is 4.98 Å². The maximum Gasteiger partial charge on any atom is 0.134 e. The third-order valence-electron chi connectivity index (χ3n) is 3.26. The summed E-state index contributed by atoms with van der Waals surface area (Å²) in [7, 11) is 0. The molecule has 0 atom stereocenters. The molecular formula is C17H16N2O. The summed E-state index contributed by atoms with van der Waals surface area (Å²) in [6.45, 7) is 1.61. The Labute approximate surface area is 117 Å². The fourth-order valence-electron chi connectivity index (χ4n) is 2.38. The van der Waals surface area contributed by atoms with Crippen molar-refractivity contribution in [3.63, 3.8) is 0 Å². The van der Waals surface area contributed by atoms with Crippen LogP contribution in [0.3, 0.4) is 0 Å². The number of aromatic amines is 1. The molecule has 0 fully saturated rings. The van der Waals surface area contributed by atoms with Crippen molar-refractivity contribution in [2.24, 2.45) is 0 Å². The Balaban J connectivity index is 1.88. The Morgan fingerprint density at radius 1 is 1.10 bits per heavy atom. The Morgan fingerprint density at radius 2 is 1.90 bits per heavy atom. The van der Waals surface area contributed by atoms with Crippen molar-refractivity contribution in [1.29, 1.82) is 0 Å². The Kier molecular flexibility index (Phi) is 3.33. The first kappa shape index (κ1) is 12.6. The van der Waals surface area contributed by atoms with E-state index in [0.717, 1.165) is 28.8 Å². The number of hydrogen-bond donors (Lipinski definition) is 1. The second-order valence-corrected chi connectivity index (χ2v) is 5.08. The lowest BCUT2D eigenvalue weighted by Gasteiger charge is -1.97. The van der Waals surface area contributed by atoms with Crippen LogP contribution in [0, 0.1) is 0 Å². The van der Waals surface area contributed by atoms with Gasteiger partial charge >= 0.3 is 0 Å². The molecule has 3 aromatic rings. The van der Waals surface area contributed by atoms with Gasteiger partial charge in [-0.05, 0) is 30.2 Å². The van der Waals surface area contributed by atoms with Gasteiger partial charge in [0.05, 0.1) is 11.0 Å². The van der Waals surface area contributed by atoms with Crippen LogP contribution >= 0.6 is 0 Å². The fraction of sp³-hybridized carbons (Fsp3) is 0.176. The van der Waals surface area contributed by atoms with E-state index in [1.807, 2.05) is 36.4 Å². The first-order valence-electron chi connectivity index (χ1n) is 6.71. The van der Waals surface area contributed by atoms with Gasteiger partial charge in [0.2, 0.25) is 0 Å². The van der Waals surface area contributed by atoms with E-state index >= 15 is 0 Å². The molecule has 100 valence electrons. The van der Waals surface area contributed by atoms with Crippen LogP contribution in [-0.4, -0.2) is 15.8 Å². The predicted octanol–water partition coefficient (Wildman–Crippen LogP) is 3.29. The number of carbonyl (C=O) groups is 1. The summed E-state index contributed by atoms with van der Waals surface area (Å²) in [6.07, 6.45) is 1.26. The molecule has 0 spiro atoms. The number of ketones is 1. The lowest BCUT2D eigenvalue weighted by atomic mass is 10.1. The monoisotopic (exact) mass is 264 g/mol. The lowest BCUT2D eigenvalue weighted by Crippen LogP contribution is -1.95. The van der Waals surface area contributed by atoms with E-state index in [2.05, 4.69) is 22.1 Å². The molecule has 0 aliphatic heterocycles. The van der Waals surface area contributed by atoms with Crippen molar-refractivity contribution in [1.82, 2.24) is 9.97 Å². The first-order chi connectivity index (χ1) is 9.70. The van der Waals surface area contributed by atoms with Crippen molar-refractivity contribution in [3.05, 3.63) is 65.5 Å². The van der Waals surface area contributed by atoms with Crippen LogP contribution in [-0.2, 0) is 17.6 Å². The van der Waals surface area contributed by atoms with Gasteiger partial charge in [0.25, 0.3) is 0 Å². The summed E-state index contributed by atoms with van der Waals surface area (Å²) in [5.41, 5.74) is 4.20. The molecule has 1 aromatic heterocycles. The molecule has 0 saturated carbocycles. The number of benzene rings is 2. The molecule has 2 aromatic carbocycles. The fourth-order valence-corrected chi connectivity index (χ4v) is 2.38. The quantitative estimate of drug-likeness (QED) is 0.786. The molecule has 3 heteroatoms. The molecule has 0 radical (unpaired) electrons. The summed E-state index contributed by atoms with van der Waals surface area (Å²) in [4.78, 5) is 19.1. The molecule has 20 heavy (non-hydrogen) atoms. The average Bonchev–Trinajstić information content (AvgIpc) is 2.80. The minimum absolute atomic E-state index is 0.174. The maximum atomic E-state index is 11.2. The van der Waals surface area contributed by atoms with Crippen LogP contribution in [0.4, 0.5) is 0 Å². The number of rotatable bonds is 4. The van der Waals surface area contributed by atoms with Crippen LogP contribution in [0.15, 0.2) is 48.5 Å². The van der Waals surface area contributed by atoms with Gasteiger partial charge in [-0.2, -0.15) is 0 Å². The van der Waals surface area contributed by atoms with E-state index < -0.39 is 0 Å². The molecule has 1 heterocycles. The standard InChI is InChI=1S/C17H16N2O/c1-12(20)9-14-7-8-15-16(10-14)19-17(18-15)11-13-5-3-2-4-6-13/h2-8,10H,9,11H2,1H3,(H,18,19). The number of hydrogen-bond acceptors (Lipinski definition) is 2. The highest BCUT2D eigenvalue weighted by atomic mass is 16.1. The van der Waals surface area contributed by atoms with Gasteiger partial charge in [0, 0.05) is 12.8 Å². The van der Waals surface area contributed by atoms with Gasteiger partial charge in [0.15, 0.2) is 0 Å². The van der Waals surface area contributed by atoms with Crippen LogP contribution in [0.1, 0.15) is 23.9 Å². The average molecular weight is 264 g/mol. The number of aromatic nitrogens is 2. The first-order valence-corrected chi connectivity index (χ1v) is 6.71. The van der Waals surface area contributed by atoms with Crippen molar-refractivity contribution in [3.8, 4) is 0 Å². The summed E-state index contributed by atoms with van der Waals surface area (Å²) in [6, 6.07) is 16.2. The number of imidazole rings is 1. The zero-order chi connectivity index (χ0) is 13.9. The highest BCUT2D eigenvalue weighted by molar-refractivity contribution is 5.81. The molecule has 0 aliphatic carbocycles.